The molecule has 0 aliphatic carbocycles. The summed E-state index contributed by atoms with van der Waals surface area (Å²) in [5.74, 6) is 0. The minimum Gasteiger partial charge on any atom is -0.280 e. The molecule has 0 bridgehead atoms. The maximum atomic E-state index is 12.3. The molecule has 0 aromatic carbocycles. The normalized spacial score (nSPS) is 19.9. The number of nitrogens with zero attached hydrogens (tertiary/aromatic N) is 2. The molecule has 0 N–H and O–H groups in total. The Bertz CT molecular complexity index is 341. The molecule has 0 radical (unpaired) electrons. The van der Waals surface area contributed by atoms with E-state index >= 15 is 0 Å². The van der Waals surface area contributed by atoms with Crippen LogP contribution < -0.4 is 0 Å². The van der Waals surface area contributed by atoms with E-state index in [2.05, 4.69) is 10.2 Å². The summed E-state index contributed by atoms with van der Waals surface area (Å²) >= 11 is 5.24. The predicted octanol–water partition coefficient (Wildman–Crippen LogP) is 2.54. The van der Waals surface area contributed by atoms with E-state index < -0.39 is 23.3 Å². The summed E-state index contributed by atoms with van der Waals surface area (Å²) in [4.78, 5) is 11.2. The minimum absolute atomic E-state index is 0.0164. The topological polar surface area (TPSA) is 41.8 Å². The fraction of sp³-hybridized carbons (Fsp3) is 0.625. The van der Waals surface area contributed by atoms with Crippen LogP contribution in [0.3, 0.4) is 0 Å². The van der Waals surface area contributed by atoms with Crippen LogP contribution in [-0.4, -0.2) is 22.8 Å². The Morgan fingerprint density at radius 1 is 1.33 bits per heavy atom. The fourth-order valence-corrected chi connectivity index (χ4v) is 1.83. The van der Waals surface area contributed by atoms with Gasteiger partial charge in [-0.2, -0.15) is 23.4 Å². The molecule has 1 aliphatic rings. The van der Waals surface area contributed by atoms with Crippen LogP contribution in [0.1, 0.15) is 20.3 Å². The van der Waals surface area contributed by atoms with Gasteiger partial charge >= 0.3 is 6.18 Å². The molecule has 1 aliphatic heterocycles. The quantitative estimate of drug-likeness (QED) is 0.684. The Labute approximate surface area is 89.0 Å². The summed E-state index contributed by atoms with van der Waals surface area (Å²) in [5, 5.41) is 5.85. The highest BCUT2D eigenvalue weighted by Gasteiger charge is 2.53. The van der Waals surface area contributed by atoms with Crippen LogP contribution in [0.25, 0.3) is 0 Å². The molecular formula is C8H8ClF3N2O. The SMILES string of the molecule is CC1=NN=C(C)C1(CC(F)(F)F)C(=O)Cl. The molecule has 1 rings (SSSR count). The van der Waals surface area contributed by atoms with Gasteiger partial charge in [0.25, 0.3) is 0 Å². The smallest absolute Gasteiger partial charge is 0.280 e. The van der Waals surface area contributed by atoms with Crippen molar-refractivity contribution in [2.75, 3.05) is 0 Å². The lowest BCUT2D eigenvalue weighted by molar-refractivity contribution is -0.150. The van der Waals surface area contributed by atoms with Crippen LogP contribution in [0.15, 0.2) is 10.2 Å². The van der Waals surface area contributed by atoms with Crippen molar-refractivity contribution >= 4 is 28.3 Å². The zero-order chi connectivity index (χ0) is 11.9. The fourth-order valence-electron chi connectivity index (χ4n) is 1.49. The Morgan fingerprint density at radius 3 is 2.00 bits per heavy atom. The third kappa shape index (κ3) is 2.04. The van der Waals surface area contributed by atoms with Gasteiger partial charge in [0, 0.05) is 0 Å². The van der Waals surface area contributed by atoms with Gasteiger partial charge in [0.15, 0.2) is 0 Å². The molecule has 0 amide bonds. The highest BCUT2D eigenvalue weighted by atomic mass is 35.5. The largest absolute Gasteiger partial charge is 0.390 e. The predicted molar refractivity (Wildman–Crippen MR) is 50.2 cm³/mol. The van der Waals surface area contributed by atoms with Gasteiger partial charge in [-0.05, 0) is 25.4 Å². The molecule has 84 valence electrons. The minimum atomic E-state index is -4.50. The van der Waals surface area contributed by atoms with Crippen LogP contribution in [0.5, 0.6) is 0 Å². The van der Waals surface area contributed by atoms with Crippen molar-refractivity contribution < 1.29 is 18.0 Å². The lowest BCUT2D eigenvalue weighted by atomic mass is 9.78. The van der Waals surface area contributed by atoms with Gasteiger partial charge in [-0.3, -0.25) is 4.79 Å². The summed E-state index contributed by atoms with van der Waals surface area (Å²) in [6.45, 7) is 2.62. The first-order chi connectivity index (χ1) is 6.70. The number of hydrogen-bond donors (Lipinski definition) is 0. The molecule has 1 heterocycles. The van der Waals surface area contributed by atoms with Gasteiger partial charge in [0.1, 0.15) is 5.41 Å². The van der Waals surface area contributed by atoms with E-state index in [9.17, 15) is 18.0 Å². The van der Waals surface area contributed by atoms with E-state index in [1.807, 2.05) is 0 Å². The summed E-state index contributed by atoms with van der Waals surface area (Å²) in [6, 6.07) is 0. The van der Waals surface area contributed by atoms with Crippen molar-refractivity contribution in [1.29, 1.82) is 0 Å². The van der Waals surface area contributed by atoms with Gasteiger partial charge in [0.05, 0.1) is 17.8 Å². The van der Waals surface area contributed by atoms with Crippen molar-refractivity contribution in [1.82, 2.24) is 0 Å². The lowest BCUT2D eigenvalue weighted by Gasteiger charge is -2.26. The number of alkyl halides is 3. The van der Waals surface area contributed by atoms with Crippen molar-refractivity contribution in [3.8, 4) is 0 Å². The molecule has 3 nitrogen and oxygen atoms in total. The lowest BCUT2D eigenvalue weighted by Crippen LogP contribution is -2.43. The number of carbonyl (C=O) groups is 1. The van der Waals surface area contributed by atoms with Gasteiger partial charge in [-0.15, -0.1) is 0 Å². The number of halogens is 4. The maximum Gasteiger partial charge on any atom is 0.390 e. The van der Waals surface area contributed by atoms with E-state index in [0.717, 1.165) is 0 Å². The van der Waals surface area contributed by atoms with Crippen molar-refractivity contribution in [3.63, 3.8) is 0 Å². The van der Waals surface area contributed by atoms with E-state index in [4.69, 9.17) is 11.6 Å². The second-order valence-corrected chi connectivity index (χ2v) is 3.69. The van der Waals surface area contributed by atoms with Crippen molar-refractivity contribution in [3.05, 3.63) is 0 Å². The van der Waals surface area contributed by atoms with E-state index in [0.29, 0.717) is 0 Å². The molecule has 7 heteroatoms. The molecule has 0 aromatic heterocycles. The number of hydrogen-bond acceptors (Lipinski definition) is 3. The first-order valence-corrected chi connectivity index (χ1v) is 4.44. The zero-order valence-electron chi connectivity index (χ0n) is 8.02. The Kier molecular flexibility index (Phi) is 2.91. The molecule has 0 fully saturated rings. The molecule has 0 atom stereocenters. The van der Waals surface area contributed by atoms with E-state index in [1.165, 1.54) is 13.8 Å². The molecule has 0 aromatic rings. The second kappa shape index (κ2) is 3.59. The van der Waals surface area contributed by atoms with Gasteiger partial charge < -0.3 is 0 Å². The maximum absolute atomic E-state index is 12.3. The molecule has 0 unspecified atom stereocenters. The summed E-state index contributed by atoms with van der Waals surface area (Å²) in [6.07, 6.45) is -5.85. The number of rotatable bonds is 2. The van der Waals surface area contributed by atoms with E-state index in [1.54, 1.807) is 0 Å². The zero-order valence-corrected chi connectivity index (χ0v) is 8.78. The standard InChI is InChI=1S/C8H8ClF3N2O/c1-4-7(6(9)15,3-8(10,11)12)5(2)14-13-4/h3H2,1-2H3. The highest BCUT2D eigenvalue weighted by molar-refractivity contribution is 6.69. The first kappa shape index (κ1) is 12.2. The Balaban J connectivity index is 3.17. The van der Waals surface area contributed by atoms with Crippen LogP contribution in [0.2, 0.25) is 0 Å². The Hall–Kier alpha value is -0.910. The monoisotopic (exact) mass is 240 g/mol. The third-order valence-electron chi connectivity index (χ3n) is 2.39. The summed E-state index contributed by atoms with van der Waals surface area (Å²) in [5.41, 5.74) is -1.94. The first-order valence-electron chi connectivity index (χ1n) is 4.06. The van der Waals surface area contributed by atoms with E-state index in [-0.39, 0.29) is 11.4 Å². The van der Waals surface area contributed by atoms with Crippen molar-refractivity contribution in [2.45, 2.75) is 26.4 Å². The highest BCUT2D eigenvalue weighted by Crippen LogP contribution is 2.40. The summed E-state index contributed by atoms with van der Waals surface area (Å²) in [7, 11) is 0. The van der Waals surface area contributed by atoms with Gasteiger partial charge in [0.2, 0.25) is 5.24 Å². The average Bonchev–Trinajstić information content (AvgIpc) is 2.30. The molecular weight excluding hydrogens is 233 g/mol. The number of carbonyl (C=O) groups excluding carboxylic acids is 1. The van der Waals surface area contributed by atoms with Gasteiger partial charge in [-0.1, -0.05) is 0 Å². The van der Waals surface area contributed by atoms with Crippen LogP contribution >= 0.6 is 11.6 Å². The van der Waals surface area contributed by atoms with Gasteiger partial charge in [-0.25, -0.2) is 0 Å². The van der Waals surface area contributed by atoms with Crippen LogP contribution in [0.4, 0.5) is 13.2 Å². The molecule has 15 heavy (non-hydrogen) atoms. The second-order valence-electron chi connectivity index (χ2n) is 3.34. The molecule has 0 spiro atoms. The molecule has 0 saturated heterocycles. The average molecular weight is 241 g/mol. The van der Waals surface area contributed by atoms with Crippen molar-refractivity contribution in [2.24, 2.45) is 15.6 Å². The Morgan fingerprint density at radius 2 is 1.73 bits per heavy atom. The third-order valence-corrected chi connectivity index (χ3v) is 2.71. The molecule has 0 saturated carbocycles. The van der Waals surface area contributed by atoms with Crippen LogP contribution in [0, 0.1) is 5.41 Å². The van der Waals surface area contributed by atoms with Crippen LogP contribution in [-0.2, 0) is 4.79 Å². The summed E-state index contributed by atoms with van der Waals surface area (Å²) < 4.78 is 37.0.